The van der Waals surface area contributed by atoms with Gasteiger partial charge in [0.15, 0.2) is 0 Å². The summed E-state index contributed by atoms with van der Waals surface area (Å²) in [6.07, 6.45) is 2.20. The molecule has 0 bridgehead atoms. The van der Waals surface area contributed by atoms with Crippen LogP contribution in [0.2, 0.25) is 0 Å². The van der Waals surface area contributed by atoms with E-state index in [4.69, 9.17) is 4.74 Å². The molecule has 94 valence electrons. The highest BCUT2D eigenvalue weighted by molar-refractivity contribution is 5.77. The smallest absolute Gasteiger partial charge is 0.327 e. The van der Waals surface area contributed by atoms with Crippen LogP contribution in [0.5, 0.6) is 0 Å². The number of nitrogens with one attached hydrogen (secondary N) is 1. The molecule has 1 aromatic rings. The van der Waals surface area contributed by atoms with Crippen molar-refractivity contribution < 1.29 is 9.53 Å². The average Bonchev–Trinajstić information content (AvgIpc) is 2.33. The van der Waals surface area contributed by atoms with Gasteiger partial charge in [0.2, 0.25) is 0 Å². The van der Waals surface area contributed by atoms with E-state index in [0.717, 1.165) is 18.4 Å². The van der Waals surface area contributed by atoms with E-state index in [-0.39, 0.29) is 12.0 Å². The van der Waals surface area contributed by atoms with Gasteiger partial charge in [0.1, 0.15) is 6.04 Å². The van der Waals surface area contributed by atoms with Crippen molar-refractivity contribution in [1.29, 1.82) is 0 Å². The molecule has 0 saturated carbocycles. The molecule has 1 rings (SSSR count). The zero-order chi connectivity index (χ0) is 12.7. The Balaban J connectivity index is 2.78. The summed E-state index contributed by atoms with van der Waals surface area (Å²) in [5.41, 5.74) is 2.25. The predicted molar refractivity (Wildman–Crippen MR) is 68.9 cm³/mol. The van der Waals surface area contributed by atoms with Gasteiger partial charge in [0.25, 0.3) is 0 Å². The van der Waals surface area contributed by atoms with Crippen LogP contribution in [0.1, 0.15) is 37.4 Å². The van der Waals surface area contributed by atoms with Gasteiger partial charge in [-0.15, -0.1) is 0 Å². The molecule has 0 saturated heterocycles. The summed E-state index contributed by atoms with van der Waals surface area (Å²) >= 11 is 0. The molecule has 1 unspecified atom stereocenters. The third kappa shape index (κ3) is 3.86. The average molecular weight is 235 g/mol. The number of carbonyl (C=O) groups is 1. The highest BCUT2D eigenvalue weighted by Gasteiger charge is 2.19. The number of rotatable bonds is 6. The number of carbonyl (C=O) groups excluding carboxylic acids is 1. The minimum Gasteiger partial charge on any atom is -0.465 e. The largest absolute Gasteiger partial charge is 0.465 e. The molecule has 0 spiro atoms. The highest BCUT2D eigenvalue weighted by Crippen LogP contribution is 2.16. The Kier molecular flexibility index (Phi) is 5.70. The molecular formula is C14H21NO2. The molecule has 0 aromatic heterocycles. The summed E-state index contributed by atoms with van der Waals surface area (Å²) < 4.78 is 5.03. The van der Waals surface area contributed by atoms with Gasteiger partial charge in [-0.1, -0.05) is 37.6 Å². The zero-order valence-corrected chi connectivity index (χ0v) is 10.8. The fraction of sp³-hybridized carbons (Fsp3) is 0.500. The number of esters is 1. The molecule has 0 amide bonds. The molecule has 0 aliphatic heterocycles. The molecule has 3 heteroatoms. The van der Waals surface area contributed by atoms with Crippen LogP contribution in [0, 0.1) is 0 Å². The number of hydrogen-bond donors (Lipinski definition) is 1. The quantitative estimate of drug-likeness (QED) is 0.770. The molecule has 17 heavy (non-hydrogen) atoms. The molecule has 0 fully saturated rings. The third-order valence-corrected chi connectivity index (χ3v) is 2.66. The third-order valence-electron chi connectivity index (χ3n) is 2.66. The van der Waals surface area contributed by atoms with Crippen molar-refractivity contribution in [2.45, 2.75) is 32.7 Å². The molecule has 0 aliphatic rings. The van der Waals surface area contributed by atoms with Crippen LogP contribution in [-0.4, -0.2) is 19.6 Å². The minimum absolute atomic E-state index is 0.224. The Morgan fingerprint density at radius 1 is 1.29 bits per heavy atom. The summed E-state index contributed by atoms with van der Waals surface area (Å²) in [4.78, 5) is 11.7. The Hall–Kier alpha value is -1.35. The van der Waals surface area contributed by atoms with Crippen LogP contribution in [0.4, 0.5) is 0 Å². The Morgan fingerprint density at radius 3 is 2.41 bits per heavy atom. The maximum Gasteiger partial charge on any atom is 0.327 e. The number of likely N-dealkylation sites (N-methyl/N-ethyl adjacent to an activating group) is 1. The number of benzene rings is 1. The first-order valence-electron chi connectivity index (χ1n) is 6.15. The maximum absolute atomic E-state index is 11.7. The summed E-state index contributed by atoms with van der Waals surface area (Å²) in [7, 11) is 1.77. The fourth-order valence-electron chi connectivity index (χ4n) is 1.81. The second-order valence-electron chi connectivity index (χ2n) is 3.97. The van der Waals surface area contributed by atoms with E-state index < -0.39 is 0 Å². The van der Waals surface area contributed by atoms with Crippen molar-refractivity contribution >= 4 is 5.97 Å². The second-order valence-corrected chi connectivity index (χ2v) is 3.97. The van der Waals surface area contributed by atoms with Gasteiger partial charge in [0.05, 0.1) is 6.61 Å². The lowest BCUT2D eigenvalue weighted by Crippen LogP contribution is -2.27. The van der Waals surface area contributed by atoms with Gasteiger partial charge in [-0.05, 0) is 31.5 Å². The van der Waals surface area contributed by atoms with E-state index in [9.17, 15) is 4.79 Å². The Labute approximate surface area is 103 Å². The molecule has 0 radical (unpaired) electrons. The van der Waals surface area contributed by atoms with E-state index >= 15 is 0 Å². The van der Waals surface area contributed by atoms with Crippen LogP contribution >= 0.6 is 0 Å². The van der Waals surface area contributed by atoms with Gasteiger partial charge in [-0.25, -0.2) is 4.79 Å². The van der Waals surface area contributed by atoms with Crippen molar-refractivity contribution in [2.75, 3.05) is 13.7 Å². The van der Waals surface area contributed by atoms with Crippen molar-refractivity contribution in [3.8, 4) is 0 Å². The van der Waals surface area contributed by atoms with Crippen molar-refractivity contribution in [2.24, 2.45) is 0 Å². The number of hydrogen-bond acceptors (Lipinski definition) is 3. The molecule has 1 aromatic carbocycles. The lowest BCUT2D eigenvalue weighted by Gasteiger charge is -2.15. The standard InChI is InChI=1S/C14H21NO2/c1-4-6-11-7-9-12(10-8-11)13(15-3)14(16)17-5-2/h7-10,13,15H,4-6H2,1-3H3. The number of ether oxygens (including phenoxy) is 1. The Morgan fingerprint density at radius 2 is 1.94 bits per heavy atom. The monoisotopic (exact) mass is 235 g/mol. The van der Waals surface area contributed by atoms with Crippen LogP contribution in [0.25, 0.3) is 0 Å². The van der Waals surface area contributed by atoms with Crippen LogP contribution < -0.4 is 5.32 Å². The van der Waals surface area contributed by atoms with Gasteiger partial charge in [-0.3, -0.25) is 0 Å². The maximum atomic E-state index is 11.7. The van der Waals surface area contributed by atoms with Gasteiger partial charge in [0, 0.05) is 0 Å². The fourth-order valence-corrected chi connectivity index (χ4v) is 1.81. The topological polar surface area (TPSA) is 38.3 Å². The van der Waals surface area contributed by atoms with Crippen molar-refractivity contribution in [3.63, 3.8) is 0 Å². The first-order valence-corrected chi connectivity index (χ1v) is 6.15. The molecule has 1 N–H and O–H groups in total. The van der Waals surface area contributed by atoms with Crippen LogP contribution in [0.3, 0.4) is 0 Å². The summed E-state index contributed by atoms with van der Waals surface area (Å²) in [5, 5.41) is 2.98. The van der Waals surface area contributed by atoms with E-state index in [1.165, 1.54) is 5.56 Å². The second kappa shape index (κ2) is 7.07. The molecule has 0 aliphatic carbocycles. The highest BCUT2D eigenvalue weighted by atomic mass is 16.5. The van der Waals surface area contributed by atoms with E-state index in [2.05, 4.69) is 24.4 Å². The SMILES string of the molecule is CCCc1ccc(C(NC)C(=O)OCC)cc1. The summed E-state index contributed by atoms with van der Waals surface area (Å²) in [5.74, 6) is -0.224. The summed E-state index contributed by atoms with van der Waals surface area (Å²) in [6, 6.07) is 7.75. The summed E-state index contributed by atoms with van der Waals surface area (Å²) in [6.45, 7) is 4.38. The van der Waals surface area contributed by atoms with E-state index in [1.807, 2.05) is 19.1 Å². The lowest BCUT2D eigenvalue weighted by molar-refractivity contribution is -0.145. The van der Waals surface area contributed by atoms with Gasteiger partial charge >= 0.3 is 5.97 Å². The van der Waals surface area contributed by atoms with Crippen molar-refractivity contribution in [1.82, 2.24) is 5.32 Å². The number of aryl methyl sites for hydroxylation is 1. The minimum atomic E-state index is -0.370. The van der Waals surface area contributed by atoms with E-state index in [1.54, 1.807) is 7.05 Å². The molecule has 0 heterocycles. The predicted octanol–water partition coefficient (Wildman–Crippen LogP) is 2.46. The van der Waals surface area contributed by atoms with Crippen LogP contribution in [-0.2, 0) is 16.0 Å². The normalized spacial score (nSPS) is 12.2. The van der Waals surface area contributed by atoms with Crippen molar-refractivity contribution in [3.05, 3.63) is 35.4 Å². The molecule has 1 atom stereocenters. The zero-order valence-electron chi connectivity index (χ0n) is 10.8. The van der Waals surface area contributed by atoms with Crippen LogP contribution in [0.15, 0.2) is 24.3 Å². The van der Waals surface area contributed by atoms with Gasteiger partial charge < -0.3 is 10.1 Å². The Bertz CT molecular complexity index is 346. The lowest BCUT2D eigenvalue weighted by atomic mass is 10.0. The van der Waals surface area contributed by atoms with E-state index in [0.29, 0.717) is 6.61 Å². The van der Waals surface area contributed by atoms with Gasteiger partial charge in [-0.2, -0.15) is 0 Å². The first kappa shape index (κ1) is 13.7. The molecule has 3 nitrogen and oxygen atoms in total. The first-order chi connectivity index (χ1) is 8.22. The molecular weight excluding hydrogens is 214 g/mol.